The highest BCUT2D eigenvalue weighted by Crippen LogP contribution is 2.00. The molecule has 0 atom stereocenters. The Hall–Kier alpha value is -1.02. The highest BCUT2D eigenvalue weighted by atomic mass is 16.5. The fourth-order valence-electron chi connectivity index (χ4n) is 1.64. The zero-order chi connectivity index (χ0) is 14.5. The summed E-state index contributed by atoms with van der Waals surface area (Å²) in [6.07, 6.45) is 4.99. The Balaban J connectivity index is 1.99. The van der Waals surface area contributed by atoms with Crippen LogP contribution in [0.4, 0.5) is 0 Å². The fraction of sp³-hybridized carbons (Fsp3) is 0.846. The molecule has 0 aliphatic rings. The van der Waals surface area contributed by atoms with E-state index in [9.17, 15) is 0 Å². The minimum absolute atomic E-state index is 0.585. The SMILES string of the molecule is COCCOCCOCCn1cc(CCCCN)nn1. The maximum Gasteiger partial charge on any atom is 0.0827 e. The van der Waals surface area contributed by atoms with Gasteiger partial charge in [-0.05, 0) is 25.8 Å². The number of aryl methyl sites for hydroxylation is 1. The van der Waals surface area contributed by atoms with E-state index in [0.717, 1.165) is 31.5 Å². The van der Waals surface area contributed by atoms with Gasteiger partial charge in [0.25, 0.3) is 0 Å². The lowest BCUT2D eigenvalue weighted by molar-refractivity contribution is 0.0224. The van der Waals surface area contributed by atoms with Crippen LogP contribution in [0, 0.1) is 0 Å². The van der Waals surface area contributed by atoms with E-state index in [1.54, 1.807) is 7.11 Å². The lowest BCUT2D eigenvalue weighted by atomic mass is 10.2. The molecule has 0 unspecified atom stereocenters. The van der Waals surface area contributed by atoms with Crippen molar-refractivity contribution in [3.8, 4) is 0 Å². The molecule has 0 spiro atoms. The van der Waals surface area contributed by atoms with Crippen LogP contribution in [0.5, 0.6) is 0 Å². The average Bonchev–Trinajstić information content (AvgIpc) is 2.90. The molecule has 0 aliphatic heterocycles. The monoisotopic (exact) mass is 286 g/mol. The van der Waals surface area contributed by atoms with E-state index in [2.05, 4.69) is 10.3 Å². The molecule has 1 aromatic heterocycles. The number of unbranched alkanes of at least 4 members (excludes halogenated alkanes) is 1. The highest BCUT2D eigenvalue weighted by Gasteiger charge is 2.00. The molecule has 0 fully saturated rings. The van der Waals surface area contributed by atoms with Gasteiger partial charge in [-0.25, -0.2) is 4.68 Å². The van der Waals surface area contributed by atoms with E-state index in [1.165, 1.54) is 0 Å². The molecule has 0 bridgehead atoms. The summed E-state index contributed by atoms with van der Waals surface area (Å²) in [5.41, 5.74) is 6.47. The summed E-state index contributed by atoms with van der Waals surface area (Å²) in [4.78, 5) is 0. The molecule has 7 heteroatoms. The summed E-state index contributed by atoms with van der Waals surface area (Å²) in [7, 11) is 1.66. The Labute approximate surface area is 120 Å². The van der Waals surface area contributed by atoms with Gasteiger partial charge in [0.2, 0.25) is 0 Å². The van der Waals surface area contributed by atoms with Gasteiger partial charge in [-0.2, -0.15) is 0 Å². The van der Waals surface area contributed by atoms with Gasteiger partial charge in [0, 0.05) is 13.3 Å². The molecule has 0 aliphatic carbocycles. The summed E-state index contributed by atoms with van der Waals surface area (Å²) in [5, 5.41) is 8.18. The van der Waals surface area contributed by atoms with Gasteiger partial charge in [-0.15, -0.1) is 5.10 Å². The Morgan fingerprint density at radius 2 is 1.85 bits per heavy atom. The first kappa shape index (κ1) is 17.0. The summed E-state index contributed by atoms with van der Waals surface area (Å²) in [5.74, 6) is 0. The van der Waals surface area contributed by atoms with Crippen molar-refractivity contribution in [2.45, 2.75) is 25.8 Å². The number of methoxy groups -OCH3 is 1. The van der Waals surface area contributed by atoms with Crippen LogP contribution in [0.15, 0.2) is 6.20 Å². The van der Waals surface area contributed by atoms with E-state index in [4.69, 9.17) is 19.9 Å². The Morgan fingerprint density at radius 1 is 1.10 bits per heavy atom. The van der Waals surface area contributed by atoms with E-state index in [1.807, 2.05) is 10.9 Å². The number of nitrogens with zero attached hydrogens (tertiary/aromatic N) is 3. The molecule has 1 rings (SSSR count). The van der Waals surface area contributed by atoms with Crippen molar-refractivity contribution in [1.29, 1.82) is 0 Å². The summed E-state index contributed by atoms with van der Waals surface area (Å²) >= 11 is 0. The van der Waals surface area contributed by atoms with Crippen molar-refractivity contribution in [1.82, 2.24) is 15.0 Å². The molecule has 116 valence electrons. The van der Waals surface area contributed by atoms with Gasteiger partial charge >= 0.3 is 0 Å². The normalized spacial score (nSPS) is 11.1. The molecule has 2 N–H and O–H groups in total. The third-order valence-corrected chi connectivity index (χ3v) is 2.74. The quantitative estimate of drug-likeness (QED) is 0.523. The highest BCUT2D eigenvalue weighted by molar-refractivity contribution is 4.92. The second kappa shape index (κ2) is 11.8. The fourth-order valence-corrected chi connectivity index (χ4v) is 1.64. The second-order valence-electron chi connectivity index (χ2n) is 4.44. The van der Waals surface area contributed by atoms with Crippen molar-refractivity contribution < 1.29 is 14.2 Å². The number of ether oxygens (including phenoxy) is 3. The first-order valence-electron chi connectivity index (χ1n) is 7.10. The number of rotatable bonds is 13. The third-order valence-electron chi connectivity index (χ3n) is 2.74. The van der Waals surface area contributed by atoms with Crippen molar-refractivity contribution in [3.05, 3.63) is 11.9 Å². The molecule has 0 radical (unpaired) electrons. The minimum atomic E-state index is 0.585. The van der Waals surface area contributed by atoms with Crippen molar-refractivity contribution in [3.63, 3.8) is 0 Å². The third kappa shape index (κ3) is 8.21. The number of aromatic nitrogens is 3. The minimum Gasteiger partial charge on any atom is -0.382 e. The van der Waals surface area contributed by atoms with Gasteiger partial charge in [0.15, 0.2) is 0 Å². The van der Waals surface area contributed by atoms with Crippen LogP contribution >= 0.6 is 0 Å². The van der Waals surface area contributed by atoms with Crippen molar-refractivity contribution >= 4 is 0 Å². The van der Waals surface area contributed by atoms with Crippen LogP contribution < -0.4 is 5.73 Å². The topological polar surface area (TPSA) is 84.4 Å². The molecule has 1 aromatic rings. The van der Waals surface area contributed by atoms with Crippen LogP contribution in [0.1, 0.15) is 18.5 Å². The maximum absolute atomic E-state index is 5.46. The van der Waals surface area contributed by atoms with Crippen LogP contribution in [0.25, 0.3) is 0 Å². The zero-order valence-corrected chi connectivity index (χ0v) is 12.3. The van der Waals surface area contributed by atoms with Crippen molar-refractivity contribution in [2.24, 2.45) is 5.73 Å². The van der Waals surface area contributed by atoms with E-state index in [-0.39, 0.29) is 0 Å². The van der Waals surface area contributed by atoms with E-state index >= 15 is 0 Å². The molecular weight excluding hydrogens is 260 g/mol. The smallest absolute Gasteiger partial charge is 0.0827 e. The Morgan fingerprint density at radius 3 is 2.60 bits per heavy atom. The predicted octanol–water partition coefficient (Wildman–Crippen LogP) is 0.239. The number of hydrogen-bond acceptors (Lipinski definition) is 6. The van der Waals surface area contributed by atoms with Gasteiger partial charge in [-0.1, -0.05) is 5.21 Å². The second-order valence-corrected chi connectivity index (χ2v) is 4.44. The van der Waals surface area contributed by atoms with Crippen LogP contribution in [-0.4, -0.2) is 61.7 Å². The van der Waals surface area contributed by atoms with Crippen LogP contribution in [0.3, 0.4) is 0 Å². The molecular formula is C13H26N4O3. The van der Waals surface area contributed by atoms with E-state index < -0.39 is 0 Å². The van der Waals surface area contributed by atoms with Crippen LogP contribution in [-0.2, 0) is 27.2 Å². The first-order chi connectivity index (χ1) is 9.86. The predicted molar refractivity (Wildman–Crippen MR) is 75.5 cm³/mol. The molecule has 0 saturated heterocycles. The molecule has 20 heavy (non-hydrogen) atoms. The molecule has 0 amide bonds. The van der Waals surface area contributed by atoms with Crippen molar-refractivity contribution in [2.75, 3.05) is 46.7 Å². The largest absolute Gasteiger partial charge is 0.382 e. The van der Waals surface area contributed by atoms with Gasteiger partial charge in [0.1, 0.15) is 0 Å². The van der Waals surface area contributed by atoms with Gasteiger partial charge < -0.3 is 19.9 Å². The number of hydrogen-bond donors (Lipinski definition) is 1. The van der Waals surface area contributed by atoms with E-state index in [0.29, 0.717) is 39.6 Å². The zero-order valence-electron chi connectivity index (χ0n) is 12.3. The standard InChI is InChI=1S/C13H26N4O3/c1-18-8-9-20-11-10-19-7-6-17-12-13(15-16-17)4-2-3-5-14/h12H,2-11,14H2,1H3. The van der Waals surface area contributed by atoms with Gasteiger partial charge in [0.05, 0.1) is 45.3 Å². The Kier molecular flexibility index (Phi) is 10.0. The average molecular weight is 286 g/mol. The maximum atomic E-state index is 5.46. The molecule has 0 aromatic carbocycles. The number of nitrogens with two attached hydrogens (primary N) is 1. The summed E-state index contributed by atoms with van der Waals surface area (Å²) in [6, 6.07) is 0. The molecule has 0 saturated carbocycles. The summed E-state index contributed by atoms with van der Waals surface area (Å²) < 4.78 is 17.4. The Bertz CT molecular complexity index is 333. The molecule has 1 heterocycles. The lowest BCUT2D eigenvalue weighted by Gasteiger charge is -2.05. The lowest BCUT2D eigenvalue weighted by Crippen LogP contribution is -2.12. The van der Waals surface area contributed by atoms with Gasteiger partial charge in [-0.3, -0.25) is 0 Å². The summed E-state index contributed by atoms with van der Waals surface area (Å²) in [6.45, 7) is 4.45. The van der Waals surface area contributed by atoms with Crippen LogP contribution in [0.2, 0.25) is 0 Å². The first-order valence-corrected chi connectivity index (χ1v) is 7.10. The molecule has 7 nitrogen and oxygen atoms in total.